The van der Waals surface area contributed by atoms with Gasteiger partial charge in [0.1, 0.15) is 0 Å². The maximum atomic E-state index is 2.75. The van der Waals surface area contributed by atoms with Gasteiger partial charge in [-0.15, -0.1) is 0 Å². The van der Waals surface area contributed by atoms with Crippen LogP contribution in [-0.2, 0) is 17.4 Å². The third-order valence-corrected chi connectivity index (χ3v) is 25.3. The van der Waals surface area contributed by atoms with Crippen LogP contribution in [0.3, 0.4) is 0 Å². The molecule has 35 heavy (non-hydrogen) atoms. The van der Waals surface area contributed by atoms with Crippen LogP contribution in [0.1, 0.15) is 49.4 Å². The Morgan fingerprint density at radius 1 is 0.771 bits per heavy atom. The minimum Gasteiger partial charge on any atom is -0.323 e. The van der Waals surface area contributed by atoms with E-state index >= 15 is 0 Å². The van der Waals surface area contributed by atoms with Gasteiger partial charge in [-0.05, 0) is 28.2 Å². The SMILES string of the molecule is CC1=Cc2c(-c3ccccc3)cccc2[CH]1[Zr]([CH3])([CH3])(=[SiH2])[C]1=C(C)C(C)=C(C)C1C.CNC.CNC. The Bertz CT molecular complexity index is 1210. The van der Waals surface area contributed by atoms with Gasteiger partial charge in [-0.1, -0.05) is 0 Å². The summed E-state index contributed by atoms with van der Waals surface area (Å²) in [7, 11) is 7.50. The standard InChI is InChI=1S/C16H13.C9H13.2C2H7N.2CH3.H2Si.Zr/c1-12-10-14-8-5-9-15(16(14)11-12)13-6-3-2-4-7-13;1-6-5-7(2)9(4)8(6)3;2*1-3-2;;;;/h2-11H,1H3;6H,1-4H3;2*3H,1-2H3;2*1H3;1H2;. The van der Waals surface area contributed by atoms with E-state index in [1.807, 2.05) is 31.5 Å². The van der Waals surface area contributed by atoms with E-state index in [9.17, 15) is 0 Å². The van der Waals surface area contributed by atoms with Gasteiger partial charge in [0.15, 0.2) is 0 Å². The van der Waals surface area contributed by atoms with Gasteiger partial charge < -0.3 is 10.6 Å². The van der Waals surface area contributed by atoms with Crippen molar-refractivity contribution in [1.29, 1.82) is 0 Å². The van der Waals surface area contributed by atoms with Gasteiger partial charge >= 0.3 is 180 Å². The molecule has 2 nitrogen and oxygen atoms in total. The van der Waals surface area contributed by atoms with Crippen molar-refractivity contribution < 1.29 is 17.4 Å². The second-order valence-electron chi connectivity index (χ2n) is 11.4. The third-order valence-electron chi connectivity index (χ3n) is 7.81. The molecule has 2 aliphatic rings. The first-order chi connectivity index (χ1) is 16.4. The van der Waals surface area contributed by atoms with E-state index in [4.69, 9.17) is 0 Å². The normalized spacial score (nSPS) is 19.5. The topological polar surface area (TPSA) is 24.1 Å². The maximum absolute atomic E-state index is 3.29. The molecule has 0 radical (unpaired) electrons. The van der Waals surface area contributed by atoms with E-state index in [1.54, 1.807) is 27.9 Å². The van der Waals surface area contributed by atoms with E-state index in [0.717, 1.165) is 0 Å². The zero-order valence-corrected chi connectivity index (χ0v) is 27.9. The molecule has 0 saturated carbocycles. The second-order valence-corrected chi connectivity index (χ2v) is 40.8. The molecule has 0 fully saturated rings. The monoisotopic (exact) mass is 566 g/mol. The number of nitrogens with one attached hydrogen (secondary N) is 2. The van der Waals surface area contributed by atoms with E-state index in [-0.39, 0.29) is 0 Å². The molecule has 0 heterocycles. The fourth-order valence-electron chi connectivity index (χ4n) is 6.50. The number of hydrogen-bond acceptors (Lipinski definition) is 2. The average Bonchev–Trinajstić information content (AvgIpc) is 3.25. The van der Waals surface area contributed by atoms with E-state index in [0.29, 0.717) is 9.54 Å². The molecule has 2 atom stereocenters. The predicted molar refractivity (Wildman–Crippen MR) is 159 cm³/mol. The number of rotatable bonds is 3. The Hall–Kier alpha value is -1.32. The van der Waals surface area contributed by atoms with Crippen molar-refractivity contribution in [3.05, 3.63) is 85.2 Å². The summed E-state index contributed by atoms with van der Waals surface area (Å²) in [6.07, 6.45) is 2.50. The molecule has 0 aliphatic heterocycles. The molecular formula is C31H48N2SiZr. The molecule has 190 valence electrons. The molecule has 0 amide bonds. The minimum atomic E-state index is -3.29. The van der Waals surface area contributed by atoms with Crippen molar-refractivity contribution in [2.75, 3.05) is 28.2 Å². The van der Waals surface area contributed by atoms with Gasteiger partial charge in [-0.25, -0.2) is 0 Å². The van der Waals surface area contributed by atoms with Gasteiger partial charge in [0.05, 0.1) is 0 Å². The van der Waals surface area contributed by atoms with Gasteiger partial charge in [0, 0.05) is 0 Å². The fourth-order valence-corrected chi connectivity index (χ4v) is 28.2. The Balaban J connectivity index is 0.000000655. The zero-order chi connectivity index (χ0) is 26.6. The van der Waals surface area contributed by atoms with Crippen LogP contribution in [0.2, 0.25) is 9.26 Å². The molecular weight excluding hydrogens is 520 g/mol. The minimum absolute atomic E-state index is 0.597. The number of hydrogen-bond donors (Lipinski definition) is 2. The Labute approximate surface area is 217 Å². The first kappa shape index (κ1) is 29.9. The summed E-state index contributed by atoms with van der Waals surface area (Å²) in [5, 5.41) is 5.50. The summed E-state index contributed by atoms with van der Waals surface area (Å²) in [4.78, 5) is 0. The van der Waals surface area contributed by atoms with Gasteiger partial charge in [0.25, 0.3) is 0 Å². The van der Waals surface area contributed by atoms with E-state index in [2.05, 4.69) is 116 Å². The van der Waals surface area contributed by atoms with E-state index < -0.39 is 17.4 Å². The summed E-state index contributed by atoms with van der Waals surface area (Å²) < 4.78 is 7.83. The van der Waals surface area contributed by atoms with Crippen LogP contribution in [-0.4, -0.2) is 35.1 Å². The molecule has 2 aromatic rings. The van der Waals surface area contributed by atoms with Crippen LogP contribution in [0.4, 0.5) is 0 Å². The van der Waals surface area contributed by atoms with Crippen molar-refractivity contribution in [1.82, 2.24) is 10.6 Å². The van der Waals surface area contributed by atoms with Crippen molar-refractivity contribution in [2.45, 2.75) is 47.5 Å². The molecule has 4 rings (SSSR count). The molecule has 2 unspecified atom stereocenters. The smallest absolute Gasteiger partial charge is 0.0167 e. The maximum Gasteiger partial charge on any atom is -0.0167 e. The first-order valence-corrected chi connectivity index (χ1v) is 26.3. The Morgan fingerprint density at radius 2 is 1.31 bits per heavy atom. The quantitative estimate of drug-likeness (QED) is 0.387. The van der Waals surface area contributed by atoms with Crippen LogP contribution in [0.5, 0.6) is 0 Å². The molecule has 4 heteroatoms. The van der Waals surface area contributed by atoms with Crippen LogP contribution >= 0.6 is 0 Å². The van der Waals surface area contributed by atoms with Crippen LogP contribution in [0, 0.1) is 5.92 Å². The predicted octanol–water partition coefficient (Wildman–Crippen LogP) is 7.08. The van der Waals surface area contributed by atoms with Crippen LogP contribution in [0.15, 0.2) is 74.1 Å². The Morgan fingerprint density at radius 3 is 1.80 bits per heavy atom. The zero-order valence-electron chi connectivity index (χ0n) is 24.1. The first-order valence-electron chi connectivity index (χ1n) is 12.9. The van der Waals surface area contributed by atoms with Gasteiger partial charge in [-0.2, -0.15) is 0 Å². The van der Waals surface area contributed by atoms with Crippen molar-refractivity contribution >= 4 is 13.0 Å². The van der Waals surface area contributed by atoms with Crippen molar-refractivity contribution in [3.63, 3.8) is 0 Å². The van der Waals surface area contributed by atoms with Gasteiger partial charge in [0.2, 0.25) is 0 Å². The molecule has 0 spiro atoms. The molecule has 0 bridgehead atoms. The summed E-state index contributed by atoms with van der Waals surface area (Å²) in [5.41, 5.74) is 12.0. The third kappa shape index (κ3) is 5.82. The fraction of sp³-hybridized carbons (Fsp3) is 0.419. The van der Waals surface area contributed by atoms with Crippen LogP contribution < -0.4 is 10.6 Å². The summed E-state index contributed by atoms with van der Waals surface area (Å²) in [5.74, 6) is 0.599. The van der Waals surface area contributed by atoms with E-state index in [1.165, 1.54) is 16.7 Å². The van der Waals surface area contributed by atoms with Crippen molar-refractivity contribution in [3.8, 4) is 11.1 Å². The summed E-state index contributed by atoms with van der Waals surface area (Å²) in [6, 6.07) is 17.9. The summed E-state index contributed by atoms with van der Waals surface area (Å²) in [6.45, 7) is 14.3. The number of allylic oxidation sites excluding steroid dienone is 5. The van der Waals surface area contributed by atoms with Crippen molar-refractivity contribution in [2.24, 2.45) is 5.92 Å². The Kier molecular flexibility index (Phi) is 10.1. The second kappa shape index (κ2) is 11.8. The molecule has 2 N–H and O–H groups in total. The molecule has 2 aliphatic carbocycles. The van der Waals surface area contributed by atoms with Gasteiger partial charge in [-0.3, -0.25) is 0 Å². The largest absolute Gasteiger partial charge is 0.323 e. The number of fused-ring (bicyclic) bond motifs is 1. The van der Waals surface area contributed by atoms with Crippen LogP contribution in [0.25, 0.3) is 17.2 Å². The molecule has 0 saturated heterocycles. The number of benzene rings is 2. The molecule has 2 aromatic carbocycles. The average molecular weight is 568 g/mol. The summed E-state index contributed by atoms with van der Waals surface area (Å²) >= 11 is -3.29. The molecule has 0 aromatic heterocycles.